The van der Waals surface area contributed by atoms with Gasteiger partial charge in [-0.05, 0) is 12.3 Å². The number of nitrogens with two attached hydrogens (primary N) is 1. The summed E-state index contributed by atoms with van der Waals surface area (Å²) < 4.78 is 0. The van der Waals surface area contributed by atoms with Gasteiger partial charge in [0.2, 0.25) is 0 Å². The number of hydrogen-bond donors (Lipinski definition) is 1. The van der Waals surface area contributed by atoms with E-state index in [2.05, 4.69) is 28.7 Å². The number of hydrazone groups is 1. The average molecular weight is 236 g/mol. The van der Waals surface area contributed by atoms with Crippen molar-refractivity contribution in [1.29, 1.82) is 0 Å². The minimum absolute atomic E-state index is 0.251. The third-order valence-corrected chi connectivity index (χ3v) is 4.61. The van der Waals surface area contributed by atoms with Gasteiger partial charge in [0.1, 0.15) is 0 Å². The van der Waals surface area contributed by atoms with Gasteiger partial charge in [-0.15, -0.1) is 0 Å². The number of piperidine rings is 2. The molecule has 0 aliphatic carbocycles. The lowest BCUT2D eigenvalue weighted by Crippen LogP contribution is -2.62. The number of nitrogens with zero attached hydrogens (tertiary/aromatic N) is 3. The Balaban J connectivity index is 1.98. The van der Waals surface area contributed by atoms with Gasteiger partial charge in [0, 0.05) is 50.6 Å². The lowest BCUT2D eigenvalue weighted by Gasteiger charge is -2.51. The van der Waals surface area contributed by atoms with Crippen LogP contribution in [0.4, 0.5) is 0 Å². The zero-order valence-corrected chi connectivity index (χ0v) is 11.0. The minimum Gasteiger partial charge on any atom is -0.323 e. The summed E-state index contributed by atoms with van der Waals surface area (Å²) in [6.45, 7) is 11.8. The summed E-state index contributed by atoms with van der Waals surface area (Å²) in [5, 5.41) is 4.22. The summed E-state index contributed by atoms with van der Waals surface area (Å²) in [5.41, 5.74) is 1.57. The van der Waals surface area contributed by atoms with Crippen molar-refractivity contribution >= 4 is 5.71 Å². The second kappa shape index (κ2) is 3.95. The first-order valence-corrected chi connectivity index (χ1v) is 6.86. The smallest absolute Gasteiger partial charge is 0.0519 e. The zero-order chi connectivity index (χ0) is 12.0. The highest BCUT2D eigenvalue weighted by Crippen LogP contribution is 2.42. The van der Waals surface area contributed by atoms with Crippen molar-refractivity contribution in [3.8, 4) is 0 Å². The summed E-state index contributed by atoms with van der Waals surface area (Å²) in [4.78, 5) is 5.27. The van der Waals surface area contributed by atoms with E-state index >= 15 is 0 Å². The Kier molecular flexibility index (Phi) is 2.67. The zero-order valence-electron chi connectivity index (χ0n) is 11.0. The van der Waals surface area contributed by atoms with Crippen molar-refractivity contribution < 1.29 is 0 Å². The molecule has 4 rings (SSSR count). The molecule has 0 aromatic carbocycles. The van der Waals surface area contributed by atoms with Gasteiger partial charge in [-0.3, -0.25) is 0 Å². The standard InChI is InChI=1S/C13H24N4/c1-10(2)5-13-8-16-3-4-17(9-13)7-11(6-16)12(13)15-14/h10-11H,3-9,14H2,1-2H3/b15-12+. The number of rotatable bonds is 2. The molecule has 2 N–H and O–H groups in total. The van der Waals surface area contributed by atoms with Crippen molar-refractivity contribution in [3.05, 3.63) is 0 Å². The van der Waals surface area contributed by atoms with E-state index in [-0.39, 0.29) is 5.41 Å². The van der Waals surface area contributed by atoms with E-state index in [1.54, 1.807) is 0 Å². The van der Waals surface area contributed by atoms with E-state index in [0.717, 1.165) is 0 Å². The molecule has 0 aromatic heterocycles. The van der Waals surface area contributed by atoms with Crippen LogP contribution in [-0.4, -0.2) is 54.8 Å². The number of fused-ring (bicyclic) bond motifs is 1. The van der Waals surface area contributed by atoms with E-state index in [0.29, 0.717) is 11.8 Å². The first-order valence-electron chi connectivity index (χ1n) is 6.86. The monoisotopic (exact) mass is 236 g/mol. The molecule has 4 heterocycles. The van der Waals surface area contributed by atoms with E-state index in [9.17, 15) is 0 Å². The molecule has 0 spiro atoms. The van der Waals surface area contributed by atoms with Crippen LogP contribution in [0.15, 0.2) is 5.10 Å². The first-order chi connectivity index (χ1) is 8.13. The summed E-state index contributed by atoms with van der Waals surface area (Å²) in [5.74, 6) is 7.02. The van der Waals surface area contributed by atoms with Gasteiger partial charge in [0.05, 0.1) is 5.71 Å². The molecule has 4 aliphatic rings. The van der Waals surface area contributed by atoms with Crippen molar-refractivity contribution in [2.45, 2.75) is 20.3 Å². The highest BCUT2D eigenvalue weighted by atomic mass is 15.3. The van der Waals surface area contributed by atoms with Gasteiger partial charge in [-0.25, -0.2) is 0 Å². The van der Waals surface area contributed by atoms with E-state index < -0.39 is 0 Å². The fraction of sp³-hybridized carbons (Fsp3) is 0.923. The molecule has 0 aromatic rings. The fourth-order valence-electron chi connectivity index (χ4n) is 4.37. The molecule has 4 saturated heterocycles. The number of hydrogen-bond acceptors (Lipinski definition) is 4. The van der Waals surface area contributed by atoms with Crippen molar-refractivity contribution in [2.24, 2.45) is 28.2 Å². The largest absolute Gasteiger partial charge is 0.323 e. The minimum atomic E-state index is 0.251. The van der Waals surface area contributed by atoms with Gasteiger partial charge >= 0.3 is 0 Å². The Bertz CT molecular complexity index is 320. The van der Waals surface area contributed by atoms with E-state index in [4.69, 9.17) is 5.84 Å². The SMILES string of the molecule is CC(C)CC12CN3CCN(CC(C3)/C1=N\N)C2. The molecule has 4 heteroatoms. The van der Waals surface area contributed by atoms with Crippen LogP contribution in [0.1, 0.15) is 20.3 Å². The quantitative estimate of drug-likeness (QED) is 0.564. The molecule has 2 unspecified atom stereocenters. The van der Waals surface area contributed by atoms with Crippen molar-refractivity contribution in [1.82, 2.24) is 9.80 Å². The van der Waals surface area contributed by atoms with E-state index in [1.165, 1.54) is 51.4 Å². The van der Waals surface area contributed by atoms with Crippen LogP contribution in [0.5, 0.6) is 0 Å². The molecule has 0 amide bonds. The molecule has 4 nitrogen and oxygen atoms in total. The third-order valence-electron chi connectivity index (χ3n) is 4.61. The summed E-state index contributed by atoms with van der Waals surface area (Å²) >= 11 is 0. The maximum Gasteiger partial charge on any atom is 0.0519 e. The normalized spacial score (nSPS) is 46.8. The summed E-state index contributed by atoms with van der Waals surface area (Å²) in [6.07, 6.45) is 1.23. The molecule has 4 fully saturated rings. The molecule has 17 heavy (non-hydrogen) atoms. The Morgan fingerprint density at radius 1 is 1.29 bits per heavy atom. The fourth-order valence-corrected chi connectivity index (χ4v) is 4.37. The van der Waals surface area contributed by atoms with Gasteiger partial charge in [0.15, 0.2) is 0 Å². The summed E-state index contributed by atoms with van der Waals surface area (Å²) in [7, 11) is 0. The molecule has 0 radical (unpaired) electrons. The maximum absolute atomic E-state index is 5.72. The Hall–Kier alpha value is -0.610. The molecular weight excluding hydrogens is 212 g/mol. The lowest BCUT2D eigenvalue weighted by atomic mass is 9.66. The van der Waals surface area contributed by atoms with Crippen LogP contribution in [0.2, 0.25) is 0 Å². The van der Waals surface area contributed by atoms with E-state index in [1.807, 2.05) is 0 Å². The second-order valence-electron chi connectivity index (χ2n) is 6.56. The Morgan fingerprint density at radius 2 is 1.88 bits per heavy atom. The molecule has 96 valence electrons. The maximum atomic E-state index is 5.72. The van der Waals surface area contributed by atoms with Crippen molar-refractivity contribution in [2.75, 3.05) is 39.3 Å². The van der Waals surface area contributed by atoms with Gasteiger partial charge in [-0.1, -0.05) is 13.8 Å². The van der Waals surface area contributed by atoms with Crippen LogP contribution in [0.25, 0.3) is 0 Å². The molecule has 4 bridgehead atoms. The highest BCUT2D eigenvalue weighted by Gasteiger charge is 2.52. The predicted molar refractivity (Wildman–Crippen MR) is 69.9 cm³/mol. The average Bonchev–Trinajstić information content (AvgIpc) is 2.45. The molecule has 4 aliphatic heterocycles. The van der Waals surface area contributed by atoms with Crippen LogP contribution in [0.3, 0.4) is 0 Å². The topological polar surface area (TPSA) is 44.9 Å². The highest BCUT2D eigenvalue weighted by molar-refractivity contribution is 5.94. The summed E-state index contributed by atoms with van der Waals surface area (Å²) in [6, 6.07) is 0. The van der Waals surface area contributed by atoms with Gasteiger partial charge in [-0.2, -0.15) is 5.10 Å². The van der Waals surface area contributed by atoms with Crippen LogP contribution in [-0.2, 0) is 0 Å². The van der Waals surface area contributed by atoms with Crippen LogP contribution < -0.4 is 5.84 Å². The van der Waals surface area contributed by atoms with Crippen LogP contribution in [0, 0.1) is 17.3 Å². The second-order valence-corrected chi connectivity index (χ2v) is 6.56. The van der Waals surface area contributed by atoms with Gasteiger partial charge < -0.3 is 15.6 Å². The third kappa shape index (κ3) is 1.78. The first kappa shape index (κ1) is 11.5. The predicted octanol–water partition coefficient (Wildman–Crippen LogP) is 0.595. The Labute approximate surface area is 104 Å². The molecule has 0 saturated carbocycles. The van der Waals surface area contributed by atoms with Gasteiger partial charge in [0.25, 0.3) is 0 Å². The lowest BCUT2D eigenvalue weighted by molar-refractivity contribution is 0.101. The Morgan fingerprint density at radius 3 is 2.35 bits per heavy atom. The van der Waals surface area contributed by atoms with Crippen LogP contribution >= 0.6 is 0 Å². The van der Waals surface area contributed by atoms with Crippen molar-refractivity contribution in [3.63, 3.8) is 0 Å². The molecular formula is C13H24N4. The molecule has 2 atom stereocenters.